The van der Waals surface area contributed by atoms with Gasteiger partial charge in [-0.3, -0.25) is 9.36 Å². The summed E-state index contributed by atoms with van der Waals surface area (Å²) >= 11 is 7.65. The van der Waals surface area contributed by atoms with Gasteiger partial charge in [0.05, 0.1) is 22.3 Å². The number of benzene rings is 2. The normalized spacial score (nSPS) is 11.2. The lowest BCUT2D eigenvalue weighted by atomic mass is 10.2. The number of para-hydroxylation sites is 1. The SMILES string of the molecule is Cc1noc(CSc2nc3ccccc3c(=O)n2-c2cccc(Cl)c2C)n1. The smallest absolute Gasteiger partial charge is 0.266 e. The number of thioether (sulfide) groups is 1. The van der Waals surface area contributed by atoms with Gasteiger partial charge in [0.1, 0.15) is 0 Å². The molecule has 2 heterocycles. The Balaban J connectivity index is 1.90. The number of aromatic nitrogens is 4. The molecule has 4 rings (SSSR count). The second-order valence-electron chi connectivity index (χ2n) is 5.96. The van der Waals surface area contributed by atoms with Gasteiger partial charge in [0.15, 0.2) is 11.0 Å². The molecule has 0 unspecified atom stereocenters. The minimum atomic E-state index is -0.143. The number of aryl methyl sites for hydroxylation is 1. The summed E-state index contributed by atoms with van der Waals surface area (Å²) in [6.45, 7) is 3.65. The van der Waals surface area contributed by atoms with Gasteiger partial charge in [-0.15, -0.1) is 0 Å². The number of halogens is 1. The van der Waals surface area contributed by atoms with Crippen LogP contribution in [0.4, 0.5) is 0 Å². The molecule has 4 aromatic rings. The highest BCUT2D eigenvalue weighted by Crippen LogP contribution is 2.27. The van der Waals surface area contributed by atoms with Crippen molar-refractivity contribution in [2.24, 2.45) is 0 Å². The molecule has 0 aliphatic carbocycles. The van der Waals surface area contributed by atoms with E-state index >= 15 is 0 Å². The van der Waals surface area contributed by atoms with E-state index in [1.54, 1.807) is 23.6 Å². The standard InChI is InChI=1S/C19H15ClN4O2S/c1-11-14(20)7-5-9-16(11)24-18(25)13-6-3-4-8-15(13)22-19(24)27-10-17-21-12(2)23-26-17/h3-9H,10H2,1-2H3. The van der Waals surface area contributed by atoms with Crippen LogP contribution in [0.3, 0.4) is 0 Å². The third kappa shape index (κ3) is 3.36. The van der Waals surface area contributed by atoms with E-state index in [1.807, 2.05) is 37.3 Å². The summed E-state index contributed by atoms with van der Waals surface area (Å²) < 4.78 is 6.77. The molecule has 0 saturated carbocycles. The van der Waals surface area contributed by atoms with E-state index < -0.39 is 0 Å². The summed E-state index contributed by atoms with van der Waals surface area (Å²) in [5, 5.41) is 5.48. The number of nitrogens with zero attached hydrogens (tertiary/aromatic N) is 4. The lowest BCUT2D eigenvalue weighted by Crippen LogP contribution is -2.22. The highest BCUT2D eigenvalue weighted by atomic mass is 35.5. The number of hydrogen-bond acceptors (Lipinski definition) is 6. The van der Waals surface area contributed by atoms with Crippen LogP contribution in [0.5, 0.6) is 0 Å². The summed E-state index contributed by atoms with van der Waals surface area (Å²) in [6, 6.07) is 12.8. The summed E-state index contributed by atoms with van der Waals surface area (Å²) in [5.74, 6) is 1.46. The molecule has 2 aromatic carbocycles. The van der Waals surface area contributed by atoms with Crippen LogP contribution < -0.4 is 5.56 Å². The zero-order chi connectivity index (χ0) is 19.0. The lowest BCUT2D eigenvalue weighted by Gasteiger charge is -2.15. The summed E-state index contributed by atoms with van der Waals surface area (Å²) in [5.41, 5.74) is 2.02. The Morgan fingerprint density at radius 1 is 1.11 bits per heavy atom. The molecule has 0 saturated heterocycles. The van der Waals surface area contributed by atoms with E-state index in [2.05, 4.69) is 10.1 Å². The Morgan fingerprint density at radius 2 is 1.93 bits per heavy atom. The average molecular weight is 399 g/mol. The van der Waals surface area contributed by atoms with Crippen LogP contribution in [-0.4, -0.2) is 19.7 Å². The van der Waals surface area contributed by atoms with Crippen LogP contribution in [0.25, 0.3) is 16.6 Å². The zero-order valence-corrected chi connectivity index (χ0v) is 16.2. The van der Waals surface area contributed by atoms with Crippen molar-refractivity contribution in [3.8, 4) is 5.69 Å². The third-order valence-electron chi connectivity index (χ3n) is 4.12. The van der Waals surface area contributed by atoms with Crippen molar-refractivity contribution in [2.45, 2.75) is 24.8 Å². The van der Waals surface area contributed by atoms with Crippen LogP contribution >= 0.6 is 23.4 Å². The molecule has 8 heteroatoms. The molecule has 0 radical (unpaired) electrons. The van der Waals surface area contributed by atoms with Crippen molar-refractivity contribution in [3.05, 3.63) is 75.1 Å². The lowest BCUT2D eigenvalue weighted by molar-refractivity contribution is 0.387. The van der Waals surface area contributed by atoms with Crippen molar-refractivity contribution in [1.82, 2.24) is 19.7 Å². The first-order chi connectivity index (χ1) is 13.0. The van der Waals surface area contributed by atoms with E-state index in [0.29, 0.717) is 44.2 Å². The maximum Gasteiger partial charge on any atom is 0.266 e. The van der Waals surface area contributed by atoms with E-state index in [9.17, 15) is 4.79 Å². The highest BCUT2D eigenvalue weighted by Gasteiger charge is 2.17. The minimum absolute atomic E-state index is 0.143. The van der Waals surface area contributed by atoms with E-state index in [0.717, 1.165) is 5.56 Å². The first-order valence-corrected chi connectivity index (χ1v) is 9.60. The van der Waals surface area contributed by atoms with Crippen molar-refractivity contribution < 1.29 is 4.52 Å². The van der Waals surface area contributed by atoms with Crippen molar-refractivity contribution in [2.75, 3.05) is 0 Å². The summed E-state index contributed by atoms with van der Waals surface area (Å²) in [6.07, 6.45) is 0. The molecule has 0 spiro atoms. The van der Waals surface area contributed by atoms with Gasteiger partial charge in [0.25, 0.3) is 5.56 Å². The van der Waals surface area contributed by atoms with E-state index in [4.69, 9.17) is 21.1 Å². The quantitative estimate of drug-likeness (QED) is 0.376. The van der Waals surface area contributed by atoms with Gasteiger partial charge in [-0.2, -0.15) is 4.98 Å². The van der Waals surface area contributed by atoms with Gasteiger partial charge in [-0.05, 0) is 43.7 Å². The maximum absolute atomic E-state index is 13.2. The summed E-state index contributed by atoms with van der Waals surface area (Å²) in [7, 11) is 0. The second kappa shape index (κ2) is 7.17. The monoisotopic (exact) mass is 398 g/mol. The molecule has 27 heavy (non-hydrogen) atoms. The first-order valence-electron chi connectivity index (χ1n) is 8.24. The molecule has 0 fully saturated rings. The predicted molar refractivity (Wildman–Crippen MR) is 106 cm³/mol. The first kappa shape index (κ1) is 17.8. The predicted octanol–water partition coefficient (Wildman–Crippen LogP) is 4.33. The molecule has 0 bridgehead atoms. The Labute approximate surface area is 164 Å². The van der Waals surface area contributed by atoms with Crippen molar-refractivity contribution in [3.63, 3.8) is 0 Å². The number of fused-ring (bicyclic) bond motifs is 1. The Hall–Kier alpha value is -2.64. The van der Waals surface area contributed by atoms with Gasteiger partial charge < -0.3 is 4.52 Å². The molecule has 2 aromatic heterocycles. The van der Waals surface area contributed by atoms with E-state index in [-0.39, 0.29) is 5.56 Å². The average Bonchev–Trinajstić information content (AvgIpc) is 3.08. The van der Waals surface area contributed by atoms with Gasteiger partial charge >= 0.3 is 0 Å². The molecule has 136 valence electrons. The van der Waals surface area contributed by atoms with Crippen LogP contribution in [0.1, 0.15) is 17.3 Å². The molecular weight excluding hydrogens is 384 g/mol. The minimum Gasteiger partial charge on any atom is -0.338 e. The van der Waals surface area contributed by atoms with Gasteiger partial charge in [-0.25, -0.2) is 4.98 Å². The summed E-state index contributed by atoms with van der Waals surface area (Å²) in [4.78, 5) is 22.2. The van der Waals surface area contributed by atoms with Gasteiger partial charge in [0, 0.05) is 5.02 Å². The molecule has 0 atom stereocenters. The molecule has 0 aliphatic rings. The van der Waals surface area contributed by atoms with Crippen molar-refractivity contribution in [1.29, 1.82) is 0 Å². The molecular formula is C19H15ClN4O2S. The van der Waals surface area contributed by atoms with Crippen LogP contribution in [-0.2, 0) is 5.75 Å². The molecule has 0 N–H and O–H groups in total. The zero-order valence-electron chi connectivity index (χ0n) is 14.6. The van der Waals surface area contributed by atoms with Crippen LogP contribution in [0, 0.1) is 13.8 Å². The van der Waals surface area contributed by atoms with Gasteiger partial charge in [-0.1, -0.05) is 46.7 Å². The van der Waals surface area contributed by atoms with Crippen LogP contribution in [0.2, 0.25) is 5.02 Å². The maximum atomic E-state index is 13.2. The van der Waals surface area contributed by atoms with Crippen LogP contribution in [0.15, 0.2) is 56.9 Å². The molecule has 0 amide bonds. The third-order valence-corrected chi connectivity index (χ3v) is 5.45. The van der Waals surface area contributed by atoms with Crippen molar-refractivity contribution >= 4 is 34.3 Å². The largest absolute Gasteiger partial charge is 0.338 e. The van der Waals surface area contributed by atoms with E-state index in [1.165, 1.54) is 11.8 Å². The molecule has 0 aliphatic heterocycles. The number of hydrogen-bond donors (Lipinski definition) is 0. The van der Waals surface area contributed by atoms with Gasteiger partial charge in [0.2, 0.25) is 5.89 Å². The fraction of sp³-hybridized carbons (Fsp3) is 0.158. The number of rotatable bonds is 4. The fourth-order valence-electron chi connectivity index (χ4n) is 2.78. The Morgan fingerprint density at radius 3 is 2.70 bits per heavy atom. The fourth-order valence-corrected chi connectivity index (χ4v) is 3.80. The second-order valence-corrected chi connectivity index (χ2v) is 7.31. The highest BCUT2D eigenvalue weighted by molar-refractivity contribution is 7.98. The topological polar surface area (TPSA) is 73.8 Å². The Kier molecular flexibility index (Phi) is 4.72. The molecule has 6 nitrogen and oxygen atoms in total. The Bertz CT molecular complexity index is 1200.